The molecular weight excluding hydrogens is 438 g/mol. The van der Waals surface area contributed by atoms with E-state index in [9.17, 15) is 19.7 Å². The number of anilines is 2. The third-order valence-electron chi connectivity index (χ3n) is 4.97. The number of fused-ring (bicyclic) bond motifs is 1. The zero-order valence-corrected chi connectivity index (χ0v) is 17.6. The van der Waals surface area contributed by atoms with E-state index >= 15 is 0 Å². The van der Waals surface area contributed by atoms with Crippen LogP contribution >= 0.6 is 11.6 Å². The topological polar surface area (TPSA) is 128 Å². The molecule has 1 atom stereocenters. The van der Waals surface area contributed by atoms with E-state index < -0.39 is 22.8 Å². The van der Waals surface area contributed by atoms with Crippen molar-refractivity contribution in [1.82, 2.24) is 9.78 Å². The number of nitro benzene ring substituents is 1. The second-order valence-corrected chi connectivity index (χ2v) is 7.53. The van der Waals surface area contributed by atoms with Gasteiger partial charge in [0.2, 0.25) is 5.91 Å². The maximum atomic E-state index is 12.7. The molecule has 1 aromatic heterocycles. The Balaban J connectivity index is 1.63. The molecule has 1 aliphatic rings. The number of carbonyl (C=O) groups is 2. The molecule has 0 aliphatic carbocycles. The molecule has 164 valence electrons. The van der Waals surface area contributed by atoms with Gasteiger partial charge in [0, 0.05) is 23.8 Å². The van der Waals surface area contributed by atoms with Gasteiger partial charge in [-0.15, -0.1) is 0 Å². The number of nitrogens with zero attached hydrogens (tertiary/aromatic N) is 3. The molecule has 1 unspecified atom stereocenters. The van der Waals surface area contributed by atoms with Crippen LogP contribution in [0.1, 0.15) is 18.2 Å². The van der Waals surface area contributed by atoms with Gasteiger partial charge >= 0.3 is 0 Å². The molecular formula is C21H18ClN5O5. The van der Waals surface area contributed by atoms with Crippen molar-refractivity contribution in [3.63, 3.8) is 0 Å². The quantitative estimate of drug-likeness (QED) is 0.412. The lowest BCUT2D eigenvalue weighted by molar-refractivity contribution is -0.383. The van der Waals surface area contributed by atoms with E-state index in [0.717, 1.165) is 5.56 Å². The van der Waals surface area contributed by atoms with Crippen molar-refractivity contribution in [3.05, 3.63) is 69.4 Å². The summed E-state index contributed by atoms with van der Waals surface area (Å²) < 4.78 is 6.70. The van der Waals surface area contributed by atoms with E-state index in [1.165, 1.54) is 30.0 Å². The lowest BCUT2D eigenvalue weighted by Gasteiger charge is -2.10. The van der Waals surface area contributed by atoms with E-state index in [2.05, 4.69) is 15.7 Å². The van der Waals surface area contributed by atoms with Gasteiger partial charge in [0.15, 0.2) is 0 Å². The smallest absolute Gasteiger partial charge is 0.292 e. The molecule has 0 fully saturated rings. The zero-order chi connectivity index (χ0) is 22.8. The Morgan fingerprint density at radius 1 is 1.31 bits per heavy atom. The Bertz CT molecular complexity index is 1230. The summed E-state index contributed by atoms with van der Waals surface area (Å²) in [5, 5.41) is 21.5. The fourth-order valence-electron chi connectivity index (χ4n) is 3.62. The minimum absolute atomic E-state index is 0.0567. The molecule has 0 saturated heterocycles. The summed E-state index contributed by atoms with van der Waals surface area (Å²) in [6, 6.07) is 12.0. The molecule has 1 aliphatic heterocycles. The highest BCUT2D eigenvalue weighted by molar-refractivity contribution is 6.30. The number of nitrogens with one attached hydrogen (secondary N) is 2. The van der Waals surface area contributed by atoms with Crippen molar-refractivity contribution in [3.8, 4) is 11.1 Å². The molecule has 2 aromatic carbocycles. The first-order valence-corrected chi connectivity index (χ1v) is 9.97. The zero-order valence-electron chi connectivity index (χ0n) is 16.9. The number of hydrogen-bond donors (Lipinski definition) is 2. The third kappa shape index (κ3) is 4.05. The van der Waals surface area contributed by atoms with Gasteiger partial charge in [0.25, 0.3) is 11.6 Å². The van der Waals surface area contributed by atoms with E-state index in [1.54, 1.807) is 24.3 Å². The van der Waals surface area contributed by atoms with Crippen LogP contribution in [0, 0.1) is 10.1 Å². The summed E-state index contributed by atoms with van der Waals surface area (Å²) in [4.78, 5) is 35.9. The van der Waals surface area contributed by atoms with Crippen LogP contribution in [-0.2, 0) is 20.9 Å². The van der Waals surface area contributed by atoms with Gasteiger partial charge < -0.3 is 15.4 Å². The molecule has 2 heterocycles. The summed E-state index contributed by atoms with van der Waals surface area (Å²) in [5.74, 6) is -0.523. The van der Waals surface area contributed by atoms with Crippen LogP contribution in [0.25, 0.3) is 11.1 Å². The van der Waals surface area contributed by atoms with Crippen molar-refractivity contribution in [2.45, 2.75) is 19.1 Å². The van der Waals surface area contributed by atoms with Gasteiger partial charge in [-0.2, -0.15) is 5.10 Å². The first-order valence-electron chi connectivity index (χ1n) is 9.59. The van der Waals surface area contributed by atoms with Crippen LogP contribution in [-0.4, -0.2) is 33.6 Å². The van der Waals surface area contributed by atoms with Crippen LogP contribution in [0.2, 0.25) is 5.02 Å². The second-order valence-electron chi connectivity index (χ2n) is 7.09. The fraction of sp³-hybridized carbons (Fsp3) is 0.190. The average molecular weight is 456 g/mol. The standard InChI is InChI=1S/C21H18ClN5O5/c1-32-11-15-19(12-5-4-6-13(22)9-12)20-24-21(29)17(26(20)25-15)10-18(28)23-14-7-2-3-8-16(14)27(30)31/h2-9,17H,10-11H2,1H3,(H,23,28)(H,24,29). The number of amides is 2. The Morgan fingerprint density at radius 2 is 2.09 bits per heavy atom. The van der Waals surface area contributed by atoms with E-state index in [-0.39, 0.29) is 24.4 Å². The largest absolute Gasteiger partial charge is 0.378 e. The summed E-state index contributed by atoms with van der Waals surface area (Å²) >= 11 is 6.13. The molecule has 10 nitrogen and oxygen atoms in total. The summed E-state index contributed by atoms with van der Waals surface area (Å²) in [6.07, 6.45) is -0.256. The number of carbonyl (C=O) groups excluding carboxylic acids is 2. The maximum Gasteiger partial charge on any atom is 0.292 e. The molecule has 3 aromatic rings. The summed E-state index contributed by atoms with van der Waals surface area (Å²) in [6.45, 7) is 0.187. The fourth-order valence-corrected chi connectivity index (χ4v) is 3.81. The predicted molar refractivity (Wildman–Crippen MR) is 117 cm³/mol. The minimum atomic E-state index is -0.920. The lowest BCUT2D eigenvalue weighted by Crippen LogP contribution is -2.24. The van der Waals surface area contributed by atoms with Crippen molar-refractivity contribution >= 4 is 40.6 Å². The molecule has 2 amide bonds. The van der Waals surface area contributed by atoms with Crippen LogP contribution < -0.4 is 10.6 Å². The highest BCUT2D eigenvalue weighted by atomic mass is 35.5. The lowest BCUT2D eigenvalue weighted by atomic mass is 10.1. The first kappa shape index (κ1) is 21.5. The van der Waals surface area contributed by atoms with E-state index in [4.69, 9.17) is 16.3 Å². The van der Waals surface area contributed by atoms with Crippen molar-refractivity contribution in [2.75, 3.05) is 17.7 Å². The molecule has 0 saturated carbocycles. The van der Waals surface area contributed by atoms with Crippen LogP contribution in [0.5, 0.6) is 0 Å². The van der Waals surface area contributed by atoms with Gasteiger partial charge in [-0.05, 0) is 23.8 Å². The number of ether oxygens (including phenoxy) is 1. The molecule has 0 spiro atoms. The normalized spacial score (nSPS) is 14.7. The Hall–Kier alpha value is -3.76. The van der Waals surface area contributed by atoms with E-state index in [0.29, 0.717) is 22.1 Å². The SMILES string of the molecule is COCc1nn2c(c1-c1cccc(Cl)c1)NC(=O)C2CC(=O)Nc1ccccc1[N+](=O)[O-]. The summed E-state index contributed by atoms with van der Waals surface area (Å²) in [7, 11) is 1.53. The van der Waals surface area contributed by atoms with Gasteiger partial charge in [0.1, 0.15) is 17.5 Å². The van der Waals surface area contributed by atoms with Gasteiger partial charge in [-0.3, -0.25) is 19.7 Å². The van der Waals surface area contributed by atoms with Crippen molar-refractivity contribution in [1.29, 1.82) is 0 Å². The number of hydrogen-bond acceptors (Lipinski definition) is 6. The first-order chi connectivity index (χ1) is 15.4. The predicted octanol–water partition coefficient (Wildman–Crippen LogP) is 3.78. The van der Waals surface area contributed by atoms with Crippen LogP contribution in [0.4, 0.5) is 17.2 Å². The molecule has 32 heavy (non-hydrogen) atoms. The van der Waals surface area contributed by atoms with Crippen LogP contribution in [0.15, 0.2) is 48.5 Å². The molecule has 0 radical (unpaired) electrons. The van der Waals surface area contributed by atoms with Crippen LogP contribution in [0.3, 0.4) is 0 Å². The van der Waals surface area contributed by atoms with Gasteiger partial charge in [0.05, 0.1) is 23.6 Å². The molecule has 11 heteroatoms. The van der Waals surface area contributed by atoms with Gasteiger partial charge in [-0.25, -0.2) is 4.68 Å². The molecule has 4 rings (SSSR count). The highest BCUT2D eigenvalue weighted by Gasteiger charge is 2.37. The maximum absolute atomic E-state index is 12.7. The highest BCUT2D eigenvalue weighted by Crippen LogP contribution is 2.39. The number of aromatic nitrogens is 2. The minimum Gasteiger partial charge on any atom is -0.378 e. The number of methoxy groups -OCH3 is 1. The molecule has 0 bridgehead atoms. The second kappa shape index (κ2) is 8.77. The van der Waals surface area contributed by atoms with Gasteiger partial charge in [-0.1, -0.05) is 35.9 Å². The number of rotatable bonds is 7. The number of halogens is 1. The summed E-state index contributed by atoms with van der Waals surface area (Å²) in [5.41, 5.74) is 1.80. The molecule has 2 N–H and O–H groups in total. The Labute approximate surface area is 187 Å². The third-order valence-corrected chi connectivity index (χ3v) is 5.21. The monoisotopic (exact) mass is 455 g/mol. The Kier molecular flexibility index (Phi) is 5.89. The van der Waals surface area contributed by atoms with E-state index in [1.807, 2.05) is 6.07 Å². The Morgan fingerprint density at radius 3 is 2.81 bits per heavy atom. The van der Waals surface area contributed by atoms with Crippen molar-refractivity contribution < 1.29 is 19.2 Å². The number of benzene rings is 2. The van der Waals surface area contributed by atoms with Crippen molar-refractivity contribution in [2.24, 2.45) is 0 Å². The number of para-hydroxylation sites is 2. The average Bonchev–Trinajstić information content (AvgIpc) is 3.23. The number of nitro groups is 1.